The van der Waals surface area contributed by atoms with Crippen molar-refractivity contribution in [1.29, 1.82) is 0 Å². The summed E-state index contributed by atoms with van der Waals surface area (Å²) in [4.78, 5) is 25.0. The van der Waals surface area contributed by atoms with Crippen molar-refractivity contribution in [2.75, 3.05) is 13.1 Å². The molecule has 1 saturated carbocycles. The average molecular weight is 284 g/mol. The molecule has 0 heterocycles. The minimum absolute atomic E-state index is 0.0133. The second-order valence-corrected chi connectivity index (χ2v) is 5.72. The normalized spacial score (nSPS) is 22.0. The summed E-state index contributed by atoms with van der Waals surface area (Å²) in [5.74, 6) is -0.503. The Morgan fingerprint density at radius 2 is 1.90 bits per heavy atom. The van der Waals surface area contributed by atoms with E-state index < -0.39 is 5.97 Å². The van der Waals surface area contributed by atoms with Crippen molar-refractivity contribution in [2.24, 2.45) is 11.8 Å². The predicted molar refractivity (Wildman–Crippen MR) is 78.6 cm³/mol. The summed E-state index contributed by atoms with van der Waals surface area (Å²) >= 11 is 0. The summed E-state index contributed by atoms with van der Waals surface area (Å²) in [6, 6.07) is -0.0326. The molecule has 0 aliphatic heterocycles. The average Bonchev–Trinajstić information content (AvgIpc) is 2.89. The number of rotatable bonds is 7. The Hall–Kier alpha value is -1.26. The first-order valence-corrected chi connectivity index (χ1v) is 7.79. The highest BCUT2D eigenvalue weighted by Crippen LogP contribution is 2.25. The van der Waals surface area contributed by atoms with Crippen LogP contribution in [-0.4, -0.2) is 41.1 Å². The van der Waals surface area contributed by atoms with E-state index in [2.05, 4.69) is 19.2 Å². The van der Waals surface area contributed by atoms with Gasteiger partial charge in [-0.15, -0.1) is 0 Å². The van der Waals surface area contributed by atoms with Crippen molar-refractivity contribution >= 4 is 12.0 Å². The molecule has 0 saturated heterocycles. The van der Waals surface area contributed by atoms with E-state index in [1.807, 2.05) is 11.8 Å². The first-order valence-electron chi connectivity index (χ1n) is 7.79. The summed E-state index contributed by atoms with van der Waals surface area (Å²) < 4.78 is 0. The Balaban J connectivity index is 2.45. The van der Waals surface area contributed by atoms with Crippen LogP contribution in [0.3, 0.4) is 0 Å². The van der Waals surface area contributed by atoms with Gasteiger partial charge >= 0.3 is 12.0 Å². The highest BCUT2D eigenvalue weighted by Gasteiger charge is 2.31. The molecule has 2 atom stereocenters. The van der Waals surface area contributed by atoms with Gasteiger partial charge in [-0.3, -0.25) is 4.79 Å². The summed E-state index contributed by atoms with van der Waals surface area (Å²) in [5, 5.41) is 12.0. The topological polar surface area (TPSA) is 69.6 Å². The lowest BCUT2D eigenvalue weighted by Crippen LogP contribution is -2.45. The molecule has 20 heavy (non-hydrogen) atoms. The number of aliphatic carboxylic acids is 1. The molecule has 1 rings (SSSR count). The third-order valence-corrected chi connectivity index (χ3v) is 4.41. The van der Waals surface area contributed by atoms with Gasteiger partial charge in [0.15, 0.2) is 0 Å². The zero-order chi connectivity index (χ0) is 15.1. The minimum atomic E-state index is -0.744. The van der Waals surface area contributed by atoms with E-state index in [1.165, 1.54) is 0 Å². The number of carbonyl (C=O) groups is 2. The van der Waals surface area contributed by atoms with Gasteiger partial charge in [0, 0.05) is 19.1 Å². The van der Waals surface area contributed by atoms with Crippen LogP contribution >= 0.6 is 0 Å². The van der Waals surface area contributed by atoms with Crippen molar-refractivity contribution in [2.45, 2.75) is 58.9 Å². The zero-order valence-electron chi connectivity index (χ0n) is 12.9. The van der Waals surface area contributed by atoms with Crippen molar-refractivity contribution < 1.29 is 14.7 Å². The molecule has 2 amide bonds. The number of amides is 2. The number of carbonyl (C=O) groups excluding carboxylic acids is 1. The van der Waals surface area contributed by atoms with Gasteiger partial charge in [0.2, 0.25) is 0 Å². The molecule has 0 bridgehead atoms. The molecule has 1 aliphatic carbocycles. The first-order chi connectivity index (χ1) is 9.51. The summed E-state index contributed by atoms with van der Waals surface area (Å²) in [6.45, 7) is 7.75. The largest absolute Gasteiger partial charge is 0.481 e. The Kier molecular flexibility index (Phi) is 6.82. The lowest BCUT2D eigenvalue weighted by molar-refractivity contribution is -0.141. The SMILES string of the molecule is CCC(CC)CN(CC)C(=O)N[C@H]1CC[C@@H](C(=O)O)C1. The van der Waals surface area contributed by atoms with Crippen LogP contribution in [-0.2, 0) is 4.79 Å². The lowest BCUT2D eigenvalue weighted by atomic mass is 10.0. The first kappa shape index (κ1) is 16.8. The van der Waals surface area contributed by atoms with Crippen molar-refractivity contribution in [3.63, 3.8) is 0 Å². The highest BCUT2D eigenvalue weighted by molar-refractivity contribution is 5.75. The maximum atomic E-state index is 12.2. The van der Waals surface area contributed by atoms with Gasteiger partial charge in [-0.1, -0.05) is 26.7 Å². The quantitative estimate of drug-likeness (QED) is 0.755. The Bertz CT molecular complexity index is 329. The molecule has 1 fully saturated rings. The molecule has 0 aromatic rings. The summed E-state index contributed by atoms with van der Waals surface area (Å²) in [6.07, 6.45) is 4.14. The van der Waals surface area contributed by atoms with Gasteiger partial charge in [-0.25, -0.2) is 4.79 Å². The van der Waals surface area contributed by atoms with Gasteiger partial charge in [0.1, 0.15) is 0 Å². The summed E-state index contributed by atoms with van der Waals surface area (Å²) in [5.41, 5.74) is 0. The fraction of sp³-hybridized carbons (Fsp3) is 0.867. The molecule has 5 heteroatoms. The summed E-state index contributed by atoms with van der Waals surface area (Å²) in [7, 11) is 0. The Morgan fingerprint density at radius 1 is 1.25 bits per heavy atom. The molecule has 0 aromatic heterocycles. The lowest BCUT2D eigenvalue weighted by Gasteiger charge is -2.27. The van der Waals surface area contributed by atoms with Gasteiger partial charge in [0.05, 0.1) is 5.92 Å². The fourth-order valence-corrected chi connectivity index (χ4v) is 2.82. The molecule has 0 radical (unpaired) electrons. The molecule has 0 spiro atoms. The van der Waals surface area contributed by atoms with Crippen LogP contribution in [0.1, 0.15) is 52.9 Å². The Labute approximate surface area is 121 Å². The van der Waals surface area contributed by atoms with Gasteiger partial charge in [-0.2, -0.15) is 0 Å². The van der Waals surface area contributed by atoms with Crippen LogP contribution in [0.15, 0.2) is 0 Å². The number of hydrogen-bond donors (Lipinski definition) is 2. The third kappa shape index (κ3) is 4.69. The monoisotopic (exact) mass is 284 g/mol. The smallest absolute Gasteiger partial charge is 0.317 e. The molecule has 5 nitrogen and oxygen atoms in total. The van der Waals surface area contributed by atoms with Crippen molar-refractivity contribution in [3.8, 4) is 0 Å². The van der Waals surface area contributed by atoms with E-state index >= 15 is 0 Å². The van der Waals surface area contributed by atoms with Gasteiger partial charge in [-0.05, 0) is 32.1 Å². The van der Waals surface area contributed by atoms with E-state index in [-0.39, 0.29) is 18.0 Å². The molecule has 2 N–H and O–H groups in total. The molecule has 0 aromatic carbocycles. The molecular weight excluding hydrogens is 256 g/mol. The molecule has 0 unspecified atom stereocenters. The van der Waals surface area contributed by atoms with E-state index in [0.717, 1.165) is 25.8 Å². The number of hydrogen-bond acceptors (Lipinski definition) is 2. The second-order valence-electron chi connectivity index (χ2n) is 5.72. The number of nitrogens with zero attached hydrogens (tertiary/aromatic N) is 1. The standard InChI is InChI=1S/C15H28N2O3/c1-4-11(5-2)10-17(6-3)15(20)16-13-8-7-12(9-13)14(18)19/h11-13H,4-10H2,1-3H3,(H,16,20)(H,18,19)/t12-,13+/m1/s1. The molecule has 116 valence electrons. The third-order valence-electron chi connectivity index (χ3n) is 4.41. The van der Waals surface area contributed by atoms with Crippen molar-refractivity contribution in [3.05, 3.63) is 0 Å². The van der Waals surface area contributed by atoms with Crippen LogP contribution in [0, 0.1) is 11.8 Å². The number of urea groups is 1. The van der Waals surface area contributed by atoms with E-state index in [1.54, 1.807) is 0 Å². The number of carboxylic acid groups (broad SMARTS) is 1. The minimum Gasteiger partial charge on any atom is -0.481 e. The van der Waals surface area contributed by atoms with Crippen LogP contribution in [0.4, 0.5) is 4.79 Å². The van der Waals surface area contributed by atoms with Crippen molar-refractivity contribution in [1.82, 2.24) is 10.2 Å². The number of nitrogens with one attached hydrogen (secondary N) is 1. The number of carboxylic acids is 1. The van der Waals surface area contributed by atoms with Gasteiger partial charge in [0.25, 0.3) is 0 Å². The second kappa shape index (κ2) is 8.12. The van der Waals surface area contributed by atoms with E-state index in [4.69, 9.17) is 5.11 Å². The van der Waals surface area contributed by atoms with Crippen LogP contribution in [0.5, 0.6) is 0 Å². The zero-order valence-corrected chi connectivity index (χ0v) is 12.9. The maximum Gasteiger partial charge on any atom is 0.317 e. The fourth-order valence-electron chi connectivity index (χ4n) is 2.82. The van der Waals surface area contributed by atoms with E-state index in [0.29, 0.717) is 25.3 Å². The van der Waals surface area contributed by atoms with Crippen LogP contribution < -0.4 is 5.32 Å². The maximum absolute atomic E-state index is 12.2. The molecule has 1 aliphatic rings. The van der Waals surface area contributed by atoms with Crippen LogP contribution in [0.25, 0.3) is 0 Å². The van der Waals surface area contributed by atoms with Crippen LogP contribution in [0.2, 0.25) is 0 Å². The predicted octanol–water partition coefficient (Wildman–Crippen LogP) is 2.71. The van der Waals surface area contributed by atoms with Gasteiger partial charge < -0.3 is 15.3 Å². The Morgan fingerprint density at radius 3 is 2.35 bits per heavy atom. The van der Waals surface area contributed by atoms with E-state index in [9.17, 15) is 9.59 Å². The molecular formula is C15H28N2O3. The highest BCUT2D eigenvalue weighted by atomic mass is 16.4.